The third-order valence-electron chi connectivity index (χ3n) is 3.11. The van der Waals surface area contributed by atoms with Crippen molar-refractivity contribution in [2.75, 3.05) is 24.6 Å². The van der Waals surface area contributed by atoms with Crippen LogP contribution in [-0.2, 0) is 4.74 Å². The van der Waals surface area contributed by atoms with E-state index in [2.05, 4.69) is 0 Å². The van der Waals surface area contributed by atoms with Crippen LogP contribution >= 0.6 is 12.2 Å². The van der Waals surface area contributed by atoms with E-state index in [1.807, 2.05) is 11.8 Å². The van der Waals surface area contributed by atoms with Crippen LogP contribution in [0.2, 0.25) is 0 Å². The number of aliphatic hydroxyl groups is 1. The fourth-order valence-corrected chi connectivity index (χ4v) is 2.42. The van der Waals surface area contributed by atoms with Crippen LogP contribution in [-0.4, -0.2) is 42.0 Å². The van der Waals surface area contributed by atoms with Crippen LogP contribution in [0.3, 0.4) is 0 Å². The van der Waals surface area contributed by atoms with E-state index in [9.17, 15) is 9.50 Å². The monoisotopic (exact) mass is 284 g/mol. The third kappa shape index (κ3) is 3.20. The molecule has 2 rings (SSSR count). The number of thiocarbonyl (C=S) groups is 1. The Morgan fingerprint density at radius 1 is 1.58 bits per heavy atom. The summed E-state index contributed by atoms with van der Waals surface area (Å²) in [6, 6.07) is 4.78. The first-order valence-electron chi connectivity index (χ1n) is 6.12. The Kier molecular flexibility index (Phi) is 4.34. The summed E-state index contributed by atoms with van der Waals surface area (Å²) in [6.07, 6.45) is -0.258. The molecule has 1 aromatic rings. The molecule has 0 radical (unpaired) electrons. The lowest BCUT2D eigenvalue weighted by Gasteiger charge is -2.37. The maximum absolute atomic E-state index is 13.9. The van der Waals surface area contributed by atoms with Gasteiger partial charge in [0.15, 0.2) is 0 Å². The van der Waals surface area contributed by atoms with Gasteiger partial charge in [-0.2, -0.15) is 0 Å². The molecule has 1 aliphatic heterocycles. The van der Waals surface area contributed by atoms with E-state index < -0.39 is 5.82 Å². The minimum Gasteiger partial charge on any atom is -0.394 e. The van der Waals surface area contributed by atoms with E-state index in [1.54, 1.807) is 12.1 Å². The van der Waals surface area contributed by atoms with Crippen molar-refractivity contribution in [2.24, 2.45) is 5.73 Å². The molecular formula is C13H17FN2O2S. The molecule has 19 heavy (non-hydrogen) atoms. The zero-order chi connectivity index (χ0) is 14.0. The van der Waals surface area contributed by atoms with E-state index in [-0.39, 0.29) is 29.4 Å². The van der Waals surface area contributed by atoms with Crippen LogP contribution in [0.25, 0.3) is 0 Å². The van der Waals surface area contributed by atoms with Crippen LogP contribution in [0.1, 0.15) is 12.5 Å². The molecule has 1 aromatic carbocycles. The summed E-state index contributed by atoms with van der Waals surface area (Å²) in [5.74, 6) is -0.426. The summed E-state index contributed by atoms with van der Waals surface area (Å²) < 4.78 is 19.4. The molecule has 2 unspecified atom stereocenters. The van der Waals surface area contributed by atoms with Gasteiger partial charge in [-0.3, -0.25) is 0 Å². The zero-order valence-electron chi connectivity index (χ0n) is 10.7. The van der Waals surface area contributed by atoms with Crippen molar-refractivity contribution >= 4 is 22.9 Å². The van der Waals surface area contributed by atoms with Crippen LogP contribution in [0.15, 0.2) is 18.2 Å². The maximum atomic E-state index is 13.9. The number of nitrogens with zero attached hydrogens (tertiary/aromatic N) is 1. The fourth-order valence-electron chi connectivity index (χ4n) is 2.26. The Bertz CT molecular complexity index is 484. The van der Waals surface area contributed by atoms with E-state index in [1.165, 1.54) is 6.07 Å². The van der Waals surface area contributed by atoms with E-state index in [4.69, 9.17) is 22.7 Å². The molecule has 2 atom stereocenters. The number of anilines is 1. The third-order valence-corrected chi connectivity index (χ3v) is 3.33. The van der Waals surface area contributed by atoms with Gasteiger partial charge in [0.05, 0.1) is 18.8 Å². The van der Waals surface area contributed by atoms with Gasteiger partial charge in [-0.05, 0) is 25.1 Å². The lowest BCUT2D eigenvalue weighted by molar-refractivity contribution is -0.0421. The van der Waals surface area contributed by atoms with Crippen molar-refractivity contribution in [3.8, 4) is 0 Å². The molecule has 0 bridgehead atoms. The van der Waals surface area contributed by atoms with Crippen LogP contribution in [0.5, 0.6) is 0 Å². The molecule has 4 nitrogen and oxygen atoms in total. The first kappa shape index (κ1) is 14.2. The van der Waals surface area contributed by atoms with Crippen molar-refractivity contribution in [2.45, 2.75) is 19.1 Å². The molecule has 0 amide bonds. The normalized spacial score (nSPS) is 23.4. The number of morpholine rings is 1. The number of halogens is 1. The predicted octanol–water partition coefficient (Wildman–Crippen LogP) is 1.05. The summed E-state index contributed by atoms with van der Waals surface area (Å²) in [5.41, 5.74) is 6.42. The van der Waals surface area contributed by atoms with E-state index in [0.717, 1.165) is 5.69 Å². The Labute approximate surface area is 117 Å². The summed E-state index contributed by atoms with van der Waals surface area (Å²) in [7, 11) is 0. The lowest BCUT2D eigenvalue weighted by atomic mass is 10.1. The minimum absolute atomic E-state index is 0.00998. The van der Waals surface area contributed by atoms with Crippen molar-refractivity contribution < 1.29 is 14.2 Å². The Morgan fingerprint density at radius 2 is 2.32 bits per heavy atom. The van der Waals surface area contributed by atoms with Gasteiger partial charge in [0.25, 0.3) is 0 Å². The molecule has 6 heteroatoms. The van der Waals surface area contributed by atoms with Crippen molar-refractivity contribution in [3.05, 3.63) is 29.6 Å². The first-order chi connectivity index (χ1) is 9.01. The predicted molar refractivity (Wildman–Crippen MR) is 75.9 cm³/mol. The highest BCUT2D eigenvalue weighted by Gasteiger charge is 2.25. The molecule has 104 valence electrons. The fraction of sp³-hybridized carbons (Fsp3) is 0.462. The standard InChI is InChI=1S/C13H17FN2O2S/c1-8-5-16(6-10(7-17)18-8)9-2-3-11(13(15)19)12(14)4-9/h2-4,8,10,17H,5-7H2,1H3,(H2,15,19). The second kappa shape index (κ2) is 5.81. The number of ether oxygens (including phenoxy) is 1. The summed E-state index contributed by atoms with van der Waals surface area (Å²) >= 11 is 4.78. The summed E-state index contributed by atoms with van der Waals surface area (Å²) in [4.78, 5) is 2.04. The van der Waals surface area contributed by atoms with Crippen molar-refractivity contribution in [3.63, 3.8) is 0 Å². The van der Waals surface area contributed by atoms with Gasteiger partial charge >= 0.3 is 0 Å². The van der Waals surface area contributed by atoms with Gasteiger partial charge in [-0.15, -0.1) is 0 Å². The second-order valence-corrected chi connectivity index (χ2v) is 5.12. The molecule has 0 aliphatic carbocycles. The molecular weight excluding hydrogens is 267 g/mol. The van der Waals surface area contributed by atoms with Crippen LogP contribution in [0, 0.1) is 5.82 Å². The number of hydrogen-bond acceptors (Lipinski definition) is 4. The molecule has 0 aromatic heterocycles. The number of aliphatic hydroxyl groups excluding tert-OH is 1. The summed E-state index contributed by atoms with van der Waals surface area (Å²) in [6.45, 7) is 3.07. The van der Waals surface area contributed by atoms with Gasteiger partial charge in [-0.25, -0.2) is 4.39 Å². The molecule has 1 aliphatic rings. The highest BCUT2D eigenvalue weighted by molar-refractivity contribution is 7.80. The van der Waals surface area contributed by atoms with Gasteiger partial charge in [-0.1, -0.05) is 12.2 Å². The SMILES string of the molecule is CC1CN(c2ccc(C(N)=S)c(F)c2)CC(CO)O1. The van der Waals surface area contributed by atoms with Gasteiger partial charge in [0, 0.05) is 24.3 Å². The highest BCUT2D eigenvalue weighted by Crippen LogP contribution is 2.22. The number of nitrogens with two attached hydrogens (primary N) is 1. The Balaban J connectivity index is 2.21. The first-order valence-corrected chi connectivity index (χ1v) is 6.52. The van der Waals surface area contributed by atoms with E-state index in [0.29, 0.717) is 13.1 Å². The second-order valence-electron chi connectivity index (χ2n) is 4.68. The molecule has 1 heterocycles. The van der Waals surface area contributed by atoms with Crippen LogP contribution < -0.4 is 10.6 Å². The largest absolute Gasteiger partial charge is 0.394 e. The average Bonchev–Trinajstić information content (AvgIpc) is 2.37. The van der Waals surface area contributed by atoms with Gasteiger partial charge in [0.1, 0.15) is 10.8 Å². The Morgan fingerprint density at radius 3 is 2.89 bits per heavy atom. The molecule has 0 saturated carbocycles. The van der Waals surface area contributed by atoms with Crippen LogP contribution in [0.4, 0.5) is 10.1 Å². The smallest absolute Gasteiger partial charge is 0.135 e. The minimum atomic E-state index is -0.426. The van der Waals surface area contributed by atoms with Crippen molar-refractivity contribution in [1.82, 2.24) is 0 Å². The zero-order valence-corrected chi connectivity index (χ0v) is 11.5. The molecule has 1 fully saturated rings. The quantitative estimate of drug-likeness (QED) is 0.812. The maximum Gasteiger partial charge on any atom is 0.135 e. The molecule has 1 saturated heterocycles. The average molecular weight is 284 g/mol. The highest BCUT2D eigenvalue weighted by atomic mass is 32.1. The Hall–Kier alpha value is -1.24. The van der Waals surface area contributed by atoms with Gasteiger partial charge < -0.3 is 20.5 Å². The lowest BCUT2D eigenvalue weighted by Crippen LogP contribution is -2.48. The number of rotatable bonds is 3. The summed E-state index contributed by atoms with van der Waals surface area (Å²) in [5, 5.41) is 9.19. The van der Waals surface area contributed by atoms with Gasteiger partial charge in [0.2, 0.25) is 0 Å². The topological polar surface area (TPSA) is 58.7 Å². The van der Waals surface area contributed by atoms with E-state index >= 15 is 0 Å². The molecule has 3 N–H and O–H groups in total. The number of benzene rings is 1. The molecule has 0 spiro atoms. The number of hydrogen-bond donors (Lipinski definition) is 2. The van der Waals surface area contributed by atoms with Crippen molar-refractivity contribution in [1.29, 1.82) is 0 Å².